The molecule has 0 bridgehead atoms. The third-order valence-corrected chi connectivity index (χ3v) is 5.28. The van der Waals surface area contributed by atoms with Crippen molar-refractivity contribution in [1.29, 1.82) is 0 Å². The van der Waals surface area contributed by atoms with Gasteiger partial charge in [-0.3, -0.25) is 0 Å². The highest BCUT2D eigenvalue weighted by molar-refractivity contribution is 7.90. The number of sulfone groups is 1. The van der Waals surface area contributed by atoms with E-state index in [1.807, 2.05) is 0 Å². The summed E-state index contributed by atoms with van der Waals surface area (Å²) in [5, 5.41) is 4.04. The molecular formula is C20H14F4N2O2S. The summed E-state index contributed by atoms with van der Waals surface area (Å²) in [6, 6.07) is 9.83. The molecule has 0 unspecified atom stereocenters. The Kier molecular flexibility index (Phi) is 5.24. The molecule has 0 radical (unpaired) electrons. The summed E-state index contributed by atoms with van der Waals surface area (Å²) in [5.74, 6) is 1.54. The monoisotopic (exact) mass is 422 g/mol. The van der Waals surface area contributed by atoms with E-state index < -0.39 is 34.1 Å². The molecule has 0 aliphatic carbocycles. The second-order valence-corrected chi connectivity index (χ2v) is 8.25. The average molecular weight is 422 g/mol. The summed E-state index contributed by atoms with van der Waals surface area (Å²) in [6.07, 6.45) is 1.45. The number of terminal acetylenes is 1. The summed E-state index contributed by atoms with van der Waals surface area (Å²) in [7, 11) is -3.48. The minimum Gasteiger partial charge on any atom is -0.247 e. The first kappa shape index (κ1) is 20.6. The van der Waals surface area contributed by atoms with Crippen molar-refractivity contribution in [3.8, 4) is 34.7 Å². The number of aromatic nitrogens is 2. The van der Waals surface area contributed by atoms with E-state index >= 15 is 0 Å². The number of nitrogens with zero attached hydrogens (tertiary/aromatic N) is 2. The number of rotatable bonds is 4. The Morgan fingerprint density at radius 2 is 1.59 bits per heavy atom. The minimum atomic E-state index is -4.78. The Labute approximate surface area is 164 Å². The van der Waals surface area contributed by atoms with Gasteiger partial charge in [0.1, 0.15) is 18.1 Å². The van der Waals surface area contributed by atoms with E-state index in [1.165, 1.54) is 36.4 Å². The third kappa shape index (κ3) is 4.17. The van der Waals surface area contributed by atoms with Crippen molar-refractivity contribution < 1.29 is 26.0 Å². The van der Waals surface area contributed by atoms with Gasteiger partial charge in [0.25, 0.3) is 0 Å². The topological polar surface area (TPSA) is 52.0 Å². The van der Waals surface area contributed by atoms with Crippen molar-refractivity contribution >= 4 is 9.84 Å². The van der Waals surface area contributed by atoms with E-state index in [2.05, 4.69) is 11.0 Å². The fraction of sp³-hybridized carbons (Fsp3) is 0.150. The molecule has 0 aliphatic rings. The zero-order valence-corrected chi connectivity index (χ0v) is 15.9. The molecule has 3 rings (SSSR count). The van der Waals surface area contributed by atoms with Crippen LogP contribution in [-0.4, -0.2) is 24.5 Å². The predicted molar refractivity (Wildman–Crippen MR) is 100 cm³/mol. The van der Waals surface area contributed by atoms with Crippen molar-refractivity contribution in [2.75, 3.05) is 6.26 Å². The number of alkyl halides is 3. The van der Waals surface area contributed by atoms with Crippen LogP contribution in [0.4, 0.5) is 17.6 Å². The number of benzene rings is 2. The van der Waals surface area contributed by atoms with Gasteiger partial charge in [-0.1, -0.05) is 30.2 Å². The maximum Gasteiger partial charge on any atom is 0.433 e. The van der Waals surface area contributed by atoms with E-state index in [4.69, 9.17) is 6.42 Å². The molecule has 0 N–H and O–H groups in total. The quantitative estimate of drug-likeness (QED) is 0.462. The van der Waals surface area contributed by atoms with Crippen LogP contribution in [0, 0.1) is 18.2 Å². The summed E-state index contributed by atoms with van der Waals surface area (Å²) in [4.78, 5) is 0.0173. The van der Waals surface area contributed by atoms with Gasteiger partial charge in [0.2, 0.25) is 0 Å². The van der Waals surface area contributed by atoms with Gasteiger partial charge in [-0.25, -0.2) is 17.5 Å². The van der Waals surface area contributed by atoms with Crippen LogP contribution in [0.25, 0.3) is 22.4 Å². The maximum absolute atomic E-state index is 13.9. The molecule has 9 heteroatoms. The van der Waals surface area contributed by atoms with Crippen LogP contribution in [0.1, 0.15) is 5.69 Å². The summed E-state index contributed by atoms with van der Waals surface area (Å²) in [6.45, 7) is -0.426. The molecule has 3 aromatic rings. The molecule has 0 spiro atoms. The van der Waals surface area contributed by atoms with Crippen LogP contribution in [0.5, 0.6) is 0 Å². The smallest absolute Gasteiger partial charge is 0.247 e. The van der Waals surface area contributed by atoms with Gasteiger partial charge in [-0.15, -0.1) is 6.42 Å². The summed E-state index contributed by atoms with van der Waals surface area (Å²) in [5.41, 5.74) is -1.01. The molecule has 0 amide bonds. The maximum atomic E-state index is 13.9. The van der Waals surface area contributed by atoms with Gasteiger partial charge in [0.15, 0.2) is 15.5 Å². The van der Waals surface area contributed by atoms with Gasteiger partial charge in [0.05, 0.1) is 4.90 Å². The van der Waals surface area contributed by atoms with Crippen molar-refractivity contribution in [2.45, 2.75) is 17.6 Å². The normalized spacial score (nSPS) is 12.0. The Hall–Kier alpha value is -3.12. The standard InChI is InChI=1S/C20H14F4N2O2S/c1-3-12-26-19(20(22,23)24)17(13-4-8-15(21)9-5-13)18(25-26)14-6-10-16(11-7-14)29(2,27)28/h1,4-11H,12H2,2H3. The molecule has 0 aliphatic heterocycles. The Morgan fingerprint density at radius 1 is 1.03 bits per heavy atom. The first-order chi connectivity index (χ1) is 13.5. The van der Waals surface area contributed by atoms with Gasteiger partial charge in [0, 0.05) is 17.4 Å². The van der Waals surface area contributed by atoms with E-state index in [0.717, 1.165) is 18.4 Å². The molecule has 1 heterocycles. The molecule has 29 heavy (non-hydrogen) atoms. The van der Waals surface area contributed by atoms with Gasteiger partial charge >= 0.3 is 6.18 Å². The summed E-state index contributed by atoms with van der Waals surface area (Å²) < 4.78 is 78.9. The average Bonchev–Trinajstić information content (AvgIpc) is 3.02. The molecule has 1 aromatic heterocycles. The second-order valence-electron chi connectivity index (χ2n) is 6.24. The largest absolute Gasteiger partial charge is 0.433 e. The van der Waals surface area contributed by atoms with Crippen LogP contribution in [0.3, 0.4) is 0 Å². The van der Waals surface area contributed by atoms with Crippen molar-refractivity contribution in [2.24, 2.45) is 0 Å². The molecule has 150 valence electrons. The van der Waals surface area contributed by atoms with E-state index in [1.54, 1.807) is 0 Å². The lowest BCUT2D eigenvalue weighted by atomic mass is 9.98. The van der Waals surface area contributed by atoms with Crippen LogP contribution in [0.15, 0.2) is 53.4 Å². The molecule has 4 nitrogen and oxygen atoms in total. The molecule has 0 saturated carbocycles. The van der Waals surface area contributed by atoms with Crippen LogP contribution in [0.2, 0.25) is 0 Å². The second kappa shape index (κ2) is 7.37. The number of hydrogen-bond donors (Lipinski definition) is 0. The third-order valence-electron chi connectivity index (χ3n) is 4.15. The highest BCUT2D eigenvalue weighted by Crippen LogP contribution is 2.42. The van der Waals surface area contributed by atoms with Gasteiger partial charge < -0.3 is 0 Å². The zero-order valence-electron chi connectivity index (χ0n) is 15.0. The Balaban J connectivity index is 2.31. The summed E-state index contributed by atoms with van der Waals surface area (Å²) >= 11 is 0. The molecule has 0 saturated heterocycles. The Morgan fingerprint density at radius 3 is 2.07 bits per heavy atom. The highest BCUT2D eigenvalue weighted by atomic mass is 32.2. The first-order valence-electron chi connectivity index (χ1n) is 8.20. The van der Waals surface area contributed by atoms with Crippen molar-refractivity contribution in [1.82, 2.24) is 9.78 Å². The fourth-order valence-electron chi connectivity index (χ4n) is 2.90. The lowest BCUT2D eigenvalue weighted by Gasteiger charge is -2.12. The SMILES string of the molecule is C#CCn1nc(-c2ccc(S(C)(=O)=O)cc2)c(-c2ccc(F)cc2)c1C(F)(F)F. The minimum absolute atomic E-state index is 0.0173. The van der Waals surface area contributed by atoms with E-state index in [0.29, 0.717) is 4.68 Å². The number of halogens is 4. The first-order valence-corrected chi connectivity index (χ1v) is 10.1. The van der Waals surface area contributed by atoms with E-state index in [9.17, 15) is 26.0 Å². The van der Waals surface area contributed by atoms with Crippen molar-refractivity contribution in [3.63, 3.8) is 0 Å². The lowest BCUT2D eigenvalue weighted by Crippen LogP contribution is -2.15. The predicted octanol–water partition coefficient (Wildman–Crippen LogP) is 4.41. The van der Waals surface area contributed by atoms with Gasteiger partial charge in [-0.05, 0) is 29.8 Å². The van der Waals surface area contributed by atoms with Gasteiger partial charge in [-0.2, -0.15) is 18.3 Å². The molecule has 0 atom stereocenters. The van der Waals surface area contributed by atoms with Crippen molar-refractivity contribution in [3.05, 3.63) is 60.0 Å². The van der Waals surface area contributed by atoms with Crippen LogP contribution >= 0.6 is 0 Å². The molecule has 2 aromatic carbocycles. The van der Waals surface area contributed by atoms with E-state index in [-0.39, 0.29) is 27.3 Å². The fourth-order valence-corrected chi connectivity index (χ4v) is 3.53. The number of hydrogen-bond acceptors (Lipinski definition) is 3. The lowest BCUT2D eigenvalue weighted by molar-refractivity contribution is -0.143. The highest BCUT2D eigenvalue weighted by Gasteiger charge is 2.40. The van der Waals surface area contributed by atoms with Crippen LogP contribution < -0.4 is 0 Å². The zero-order chi connectivity index (χ0) is 21.4. The Bertz CT molecular complexity index is 1190. The van der Waals surface area contributed by atoms with Crippen LogP contribution in [-0.2, 0) is 22.6 Å². The molecular weight excluding hydrogens is 408 g/mol. The molecule has 0 fully saturated rings.